The van der Waals surface area contributed by atoms with Crippen molar-refractivity contribution in [3.63, 3.8) is 0 Å². The van der Waals surface area contributed by atoms with Crippen LogP contribution in [0.5, 0.6) is 0 Å². The summed E-state index contributed by atoms with van der Waals surface area (Å²) >= 11 is 0. The van der Waals surface area contributed by atoms with Crippen LogP contribution < -0.4 is 11.1 Å². The first-order chi connectivity index (χ1) is 9.74. The summed E-state index contributed by atoms with van der Waals surface area (Å²) in [5, 5.41) is 8.70. The normalized spacial score (nSPS) is 10.8. The third-order valence-corrected chi connectivity index (χ3v) is 3.26. The SMILES string of the molecule is Cn1cc(N)c(NCCc2cccc3cccnc23)n1. The van der Waals surface area contributed by atoms with Crippen molar-refractivity contribution in [2.24, 2.45) is 7.05 Å². The summed E-state index contributed by atoms with van der Waals surface area (Å²) < 4.78 is 1.71. The van der Waals surface area contributed by atoms with Crippen LogP contribution in [0.3, 0.4) is 0 Å². The van der Waals surface area contributed by atoms with Crippen molar-refractivity contribution in [1.29, 1.82) is 0 Å². The molecular formula is C15H17N5. The quantitative estimate of drug-likeness (QED) is 0.760. The Balaban J connectivity index is 1.73. The Morgan fingerprint density at radius 3 is 2.90 bits per heavy atom. The van der Waals surface area contributed by atoms with Crippen LogP contribution >= 0.6 is 0 Å². The van der Waals surface area contributed by atoms with Gasteiger partial charge in [0.2, 0.25) is 0 Å². The van der Waals surface area contributed by atoms with Crippen molar-refractivity contribution in [2.45, 2.75) is 6.42 Å². The van der Waals surface area contributed by atoms with Crippen LogP contribution in [0.4, 0.5) is 11.5 Å². The average Bonchev–Trinajstić information content (AvgIpc) is 2.77. The molecule has 0 spiro atoms. The Labute approximate surface area is 117 Å². The summed E-state index contributed by atoms with van der Waals surface area (Å²) in [5.41, 5.74) is 8.81. The maximum atomic E-state index is 5.85. The minimum absolute atomic E-state index is 0.670. The first-order valence-electron chi connectivity index (χ1n) is 6.59. The molecule has 0 saturated heterocycles. The average molecular weight is 267 g/mol. The van der Waals surface area contributed by atoms with E-state index in [1.165, 1.54) is 10.9 Å². The highest BCUT2D eigenvalue weighted by Gasteiger charge is 2.05. The number of aryl methyl sites for hydroxylation is 1. The van der Waals surface area contributed by atoms with Gasteiger partial charge in [0.25, 0.3) is 0 Å². The van der Waals surface area contributed by atoms with Crippen LogP contribution in [0.1, 0.15) is 5.56 Å². The van der Waals surface area contributed by atoms with Crippen LogP contribution in [0.25, 0.3) is 10.9 Å². The molecule has 5 nitrogen and oxygen atoms in total. The highest BCUT2D eigenvalue weighted by atomic mass is 15.3. The van der Waals surface area contributed by atoms with Gasteiger partial charge < -0.3 is 11.1 Å². The molecule has 20 heavy (non-hydrogen) atoms. The molecular weight excluding hydrogens is 250 g/mol. The Morgan fingerprint density at radius 2 is 2.10 bits per heavy atom. The Hall–Kier alpha value is -2.56. The number of hydrogen-bond acceptors (Lipinski definition) is 4. The minimum atomic E-state index is 0.670. The zero-order valence-corrected chi connectivity index (χ0v) is 11.4. The molecule has 0 aliphatic carbocycles. The lowest BCUT2D eigenvalue weighted by atomic mass is 10.1. The fraction of sp³-hybridized carbons (Fsp3) is 0.200. The number of nitrogens with zero attached hydrogens (tertiary/aromatic N) is 3. The number of benzene rings is 1. The maximum Gasteiger partial charge on any atom is 0.171 e. The van der Waals surface area contributed by atoms with Gasteiger partial charge in [-0.05, 0) is 18.1 Å². The van der Waals surface area contributed by atoms with Crippen LogP contribution in [-0.2, 0) is 13.5 Å². The number of nitrogens with two attached hydrogens (primary N) is 1. The molecule has 0 aliphatic rings. The summed E-state index contributed by atoms with van der Waals surface area (Å²) in [6.45, 7) is 0.775. The summed E-state index contributed by atoms with van der Waals surface area (Å²) in [7, 11) is 1.86. The van der Waals surface area contributed by atoms with E-state index in [4.69, 9.17) is 5.73 Å². The Bertz CT molecular complexity index is 727. The molecule has 0 aliphatic heterocycles. The van der Waals surface area contributed by atoms with Gasteiger partial charge in [0.05, 0.1) is 11.2 Å². The summed E-state index contributed by atoms with van der Waals surface area (Å²) in [6, 6.07) is 10.3. The van der Waals surface area contributed by atoms with Crippen LogP contribution in [0.15, 0.2) is 42.7 Å². The van der Waals surface area contributed by atoms with E-state index in [9.17, 15) is 0 Å². The summed E-state index contributed by atoms with van der Waals surface area (Å²) in [6.07, 6.45) is 4.50. The van der Waals surface area contributed by atoms with E-state index in [1.807, 2.05) is 19.3 Å². The molecule has 0 atom stereocenters. The lowest BCUT2D eigenvalue weighted by Crippen LogP contribution is -2.07. The van der Waals surface area contributed by atoms with Gasteiger partial charge >= 0.3 is 0 Å². The van der Waals surface area contributed by atoms with E-state index < -0.39 is 0 Å². The number of pyridine rings is 1. The molecule has 2 aromatic heterocycles. The molecule has 0 unspecified atom stereocenters. The van der Waals surface area contributed by atoms with E-state index in [2.05, 4.69) is 39.7 Å². The largest absolute Gasteiger partial charge is 0.394 e. The third-order valence-electron chi connectivity index (χ3n) is 3.26. The van der Waals surface area contributed by atoms with E-state index in [0.717, 1.165) is 24.3 Å². The lowest BCUT2D eigenvalue weighted by Gasteiger charge is -2.07. The van der Waals surface area contributed by atoms with Crippen molar-refractivity contribution >= 4 is 22.4 Å². The fourth-order valence-electron chi connectivity index (χ4n) is 2.33. The van der Waals surface area contributed by atoms with Crippen LogP contribution in [0.2, 0.25) is 0 Å². The molecule has 0 radical (unpaired) electrons. The van der Waals surface area contributed by atoms with Gasteiger partial charge in [0.15, 0.2) is 5.82 Å². The van der Waals surface area contributed by atoms with Gasteiger partial charge in [-0.2, -0.15) is 5.10 Å². The van der Waals surface area contributed by atoms with E-state index in [-0.39, 0.29) is 0 Å². The summed E-state index contributed by atoms with van der Waals surface area (Å²) in [5.74, 6) is 0.737. The first-order valence-corrected chi connectivity index (χ1v) is 6.59. The van der Waals surface area contributed by atoms with Crippen molar-refractivity contribution in [3.05, 3.63) is 48.3 Å². The first kappa shape index (κ1) is 12.5. The molecule has 5 heteroatoms. The number of aromatic nitrogens is 3. The van der Waals surface area contributed by atoms with Crippen molar-refractivity contribution < 1.29 is 0 Å². The lowest BCUT2D eigenvalue weighted by molar-refractivity contribution is 0.768. The summed E-state index contributed by atoms with van der Waals surface area (Å²) in [4.78, 5) is 4.46. The smallest absolute Gasteiger partial charge is 0.171 e. The number of fused-ring (bicyclic) bond motifs is 1. The van der Waals surface area contributed by atoms with Crippen molar-refractivity contribution in [1.82, 2.24) is 14.8 Å². The molecule has 0 saturated carbocycles. The second-order valence-corrected chi connectivity index (χ2v) is 4.78. The predicted molar refractivity (Wildman–Crippen MR) is 81.6 cm³/mol. The highest BCUT2D eigenvalue weighted by molar-refractivity contribution is 5.81. The molecule has 102 valence electrons. The van der Waals surface area contributed by atoms with Gasteiger partial charge in [-0.25, -0.2) is 0 Å². The molecule has 0 amide bonds. The molecule has 0 fully saturated rings. The molecule has 1 aromatic carbocycles. The fourth-order valence-corrected chi connectivity index (χ4v) is 2.33. The molecule has 2 heterocycles. The molecule has 0 bridgehead atoms. The van der Waals surface area contributed by atoms with E-state index >= 15 is 0 Å². The minimum Gasteiger partial charge on any atom is -0.394 e. The van der Waals surface area contributed by atoms with E-state index in [1.54, 1.807) is 10.9 Å². The number of para-hydroxylation sites is 1. The second kappa shape index (κ2) is 5.21. The van der Waals surface area contributed by atoms with Gasteiger partial charge in [0.1, 0.15) is 0 Å². The van der Waals surface area contributed by atoms with Gasteiger partial charge in [0, 0.05) is 31.4 Å². The van der Waals surface area contributed by atoms with Crippen LogP contribution in [0, 0.1) is 0 Å². The topological polar surface area (TPSA) is 68.8 Å². The Kier molecular flexibility index (Phi) is 3.25. The third kappa shape index (κ3) is 2.42. The second-order valence-electron chi connectivity index (χ2n) is 4.78. The van der Waals surface area contributed by atoms with Gasteiger partial charge in [-0.3, -0.25) is 9.67 Å². The van der Waals surface area contributed by atoms with Gasteiger partial charge in [-0.15, -0.1) is 0 Å². The number of hydrogen-bond donors (Lipinski definition) is 2. The Morgan fingerprint density at radius 1 is 1.25 bits per heavy atom. The standard InChI is InChI=1S/C15H17N5/c1-20-10-13(16)15(19-20)18-9-7-12-5-2-4-11-6-3-8-17-14(11)12/h2-6,8,10H,7,9,16H2,1H3,(H,18,19). The zero-order valence-electron chi connectivity index (χ0n) is 11.4. The van der Waals surface area contributed by atoms with Crippen molar-refractivity contribution in [3.8, 4) is 0 Å². The molecule has 3 N–H and O–H groups in total. The van der Waals surface area contributed by atoms with Crippen LogP contribution in [-0.4, -0.2) is 21.3 Å². The number of anilines is 2. The number of rotatable bonds is 4. The number of nitrogens with one attached hydrogen (secondary N) is 1. The van der Waals surface area contributed by atoms with Crippen molar-refractivity contribution in [2.75, 3.05) is 17.6 Å². The molecule has 3 aromatic rings. The maximum absolute atomic E-state index is 5.85. The van der Waals surface area contributed by atoms with Gasteiger partial charge in [-0.1, -0.05) is 24.3 Å². The number of nitrogen functional groups attached to an aromatic ring is 1. The predicted octanol–water partition coefficient (Wildman–Crippen LogP) is 2.21. The molecule has 3 rings (SSSR count). The zero-order chi connectivity index (χ0) is 13.9. The van der Waals surface area contributed by atoms with E-state index in [0.29, 0.717) is 5.69 Å². The highest BCUT2D eigenvalue weighted by Crippen LogP contribution is 2.17. The monoisotopic (exact) mass is 267 g/mol.